The van der Waals surface area contributed by atoms with Gasteiger partial charge in [0.2, 0.25) is 0 Å². The summed E-state index contributed by atoms with van der Waals surface area (Å²) in [5.41, 5.74) is 8.69. The zero-order valence-corrected chi connectivity index (χ0v) is 15.5. The van der Waals surface area contributed by atoms with Gasteiger partial charge in [0.15, 0.2) is 5.96 Å². The van der Waals surface area contributed by atoms with Crippen LogP contribution in [0.25, 0.3) is 0 Å². The predicted octanol–water partition coefficient (Wildman–Crippen LogP) is 2.16. The van der Waals surface area contributed by atoms with Gasteiger partial charge >= 0.3 is 0 Å². The number of hydrogen-bond acceptors (Lipinski definition) is 3. The highest BCUT2D eigenvalue weighted by Gasteiger charge is 2.16. The van der Waals surface area contributed by atoms with Gasteiger partial charge in [0.05, 0.1) is 0 Å². The standard InChI is InChI=1S/C19H33N5/c1-4-23(5-2)19(20)21-10-7-11-22-12-14-24(15-13-22)18-9-6-8-17(3)16-18/h6,8-9,16H,4-5,7,10-15H2,1-3H3,(H2,20,21). The van der Waals surface area contributed by atoms with Crippen molar-refractivity contribution in [3.63, 3.8) is 0 Å². The lowest BCUT2D eigenvalue weighted by Gasteiger charge is -2.36. The highest BCUT2D eigenvalue weighted by atomic mass is 15.3. The highest BCUT2D eigenvalue weighted by Crippen LogP contribution is 2.17. The van der Waals surface area contributed by atoms with Gasteiger partial charge in [-0.15, -0.1) is 0 Å². The van der Waals surface area contributed by atoms with E-state index in [2.05, 4.69) is 64.7 Å². The van der Waals surface area contributed by atoms with Crippen LogP contribution in [0.3, 0.4) is 0 Å². The molecule has 0 amide bonds. The average Bonchev–Trinajstić information content (AvgIpc) is 2.60. The number of aliphatic imine (C=N–C) groups is 1. The minimum absolute atomic E-state index is 0.685. The number of aryl methyl sites for hydroxylation is 1. The molecule has 1 heterocycles. The summed E-state index contributed by atoms with van der Waals surface area (Å²) in [6, 6.07) is 8.80. The number of hydrogen-bond donors (Lipinski definition) is 1. The van der Waals surface area contributed by atoms with Gasteiger partial charge in [0, 0.05) is 58.0 Å². The van der Waals surface area contributed by atoms with E-state index in [-0.39, 0.29) is 0 Å². The quantitative estimate of drug-likeness (QED) is 0.472. The van der Waals surface area contributed by atoms with E-state index >= 15 is 0 Å². The van der Waals surface area contributed by atoms with Gasteiger partial charge in [0.1, 0.15) is 0 Å². The van der Waals surface area contributed by atoms with Crippen LogP contribution in [0.4, 0.5) is 5.69 Å². The van der Waals surface area contributed by atoms with Gasteiger partial charge in [-0.05, 0) is 44.9 Å². The summed E-state index contributed by atoms with van der Waals surface area (Å²) in [6.45, 7) is 14.6. The minimum Gasteiger partial charge on any atom is -0.370 e. The van der Waals surface area contributed by atoms with Gasteiger partial charge in [-0.1, -0.05) is 12.1 Å². The van der Waals surface area contributed by atoms with Crippen molar-refractivity contribution in [3.05, 3.63) is 29.8 Å². The van der Waals surface area contributed by atoms with Crippen molar-refractivity contribution >= 4 is 11.6 Å². The van der Waals surface area contributed by atoms with Crippen LogP contribution < -0.4 is 10.6 Å². The number of guanidine groups is 1. The highest BCUT2D eigenvalue weighted by molar-refractivity contribution is 5.77. The van der Waals surface area contributed by atoms with E-state index in [9.17, 15) is 0 Å². The Morgan fingerprint density at radius 1 is 1.17 bits per heavy atom. The fourth-order valence-electron chi connectivity index (χ4n) is 3.19. The summed E-state index contributed by atoms with van der Waals surface area (Å²) in [7, 11) is 0. The topological polar surface area (TPSA) is 48.1 Å². The number of anilines is 1. The Balaban J connectivity index is 1.69. The van der Waals surface area contributed by atoms with Crippen LogP contribution in [-0.4, -0.2) is 68.1 Å². The zero-order valence-electron chi connectivity index (χ0n) is 15.5. The van der Waals surface area contributed by atoms with Crippen molar-refractivity contribution in [2.75, 3.05) is 57.3 Å². The lowest BCUT2D eigenvalue weighted by atomic mass is 10.2. The summed E-state index contributed by atoms with van der Waals surface area (Å²) in [5, 5.41) is 0. The van der Waals surface area contributed by atoms with Crippen molar-refractivity contribution in [1.82, 2.24) is 9.80 Å². The summed E-state index contributed by atoms with van der Waals surface area (Å²) in [5.74, 6) is 0.685. The number of nitrogens with two attached hydrogens (primary N) is 1. The number of nitrogens with zero attached hydrogens (tertiary/aromatic N) is 4. The second-order valence-corrected chi connectivity index (χ2v) is 6.43. The summed E-state index contributed by atoms with van der Waals surface area (Å²) < 4.78 is 0. The Morgan fingerprint density at radius 2 is 1.88 bits per heavy atom. The van der Waals surface area contributed by atoms with E-state index in [1.807, 2.05) is 0 Å². The molecular formula is C19H33N5. The van der Waals surface area contributed by atoms with Crippen LogP contribution >= 0.6 is 0 Å². The first-order valence-corrected chi connectivity index (χ1v) is 9.22. The summed E-state index contributed by atoms with van der Waals surface area (Å²) in [4.78, 5) is 11.6. The van der Waals surface area contributed by atoms with Crippen molar-refractivity contribution in [3.8, 4) is 0 Å². The first kappa shape index (κ1) is 18.6. The van der Waals surface area contributed by atoms with E-state index in [1.165, 1.54) is 11.3 Å². The van der Waals surface area contributed by atoms with E-state index in [0.717, 1.165) is 58.8 Å². The molecule has 0 radical (unpaired) electrons. The molecule has 1 aliphatic rings. The minimum atomic E-state index is 0.685. The largest absolute Gasteiger partial charge is 0.370 e. The zero-order chi connectivity index (χ0) is 17.4. The molecule has 1 aromatic carbocycles. The molecule has 2 rings (SSSR count). The SMILES string of the molecule is CCN(CC)C(N)=NCCCN1CCN(c2cccc(C)c2)CC1. The molecule has 5 nitrogen and oxygen atoms in total. The molecular weight excluding hydrogens is 298 g/mol. The fraction of sp³-hybridized carbons (Fsp3) is 0.632. The molecule has 0 aromatic heterocycles. The molecule has 0 spiro atoms. The molecule has 0 aliphatic carbocycles. The van der Waals surface area contributed by atoms with E-state index in [4.69, 9.17) is 5.73 Å². The molecule has 1 aromatic rings. The van der Waals surface area contributed by atoms with Gasteiger partial charge in [-0.25, -0.2) is 0 Å². The van der Waals surface area contributed by atoms with Gasteiger partial charge < -0.3 is 15.5 Å². The molecule has 2 N–H and O–H groups in total. The second-order valence-electron chi connectivity index (χ2n) is 6.43. The predicted molar refractivity (Wildman–Crippen MR) is 104 cm³/mol. The normalized spacial score (nSPS) is 16.5. The molecule has 1 fully saturated rings. The molecule has 0 bridgehead atoms. The third kappa shape index (κ3) is 5.41. The number of rotatable bonds is 7. The van der Waals surface area contributed by atoms with Crippen molar-refractivity contribution in [2.45, 2.75) is 27.2 Å². The maximum absolute atomic E-state index is 6.01. The molecule has 0 saturated carbocycles. The fourth-order valence-corrected chi connectivity index (χ4v) is 3.19. The average molecular weight is 332 g/mol. The van der Waals surface area contributed by atoms with E-state index in [1.54, 1.807) is 0 Å². The van der Waals surface area contributed by atoms with Crippen molar-refractivity contribution < 1.29 is 0 Å². The van der Waals surface area contributed by atoms with Gasteiger partial charge in [-0.3, -0.25) is 9.89 Å². The number of piperazine rings is 1. The maximum Gasteiger partial charge on any atom is 0.191 e. The molecule has 134 valence electrons. The van der Waals surface area contributed by atoms with Crippen LogP contribution in [0.2, 0.25) is 0 Å². The molecule has 1 saturated heterocycles. The Kier molecular flexibility index (Phi) is 7.37. The molecule has 1 aliphatic heterocycles. The van der Waals surface area contributed by atoms with Crippen LogP contribution in [0.5, 0.6) is 0 Å². The Morgan fingerprint density at radius 3 is 2.50 bits per heavy atom. The summed E-state index contributed by atoms with van der Waals surface area (Å²) >= 11 is 0. The lowest BCUT2D eigenvalue weighted by molar-refractivity contribution is 0.256. The third-order valence-corrected chi connectivity index (χ3v) is 4.73. The molecule has 0 atom stereocenters. The molecule has 5 heteroatoms. The first-order valence-electron chi connectivity index (χ1n) is 9.22. The number of benzene rings is 1. The molecule has 24 heavy (non-hydrogen) atoms. The third-order valence-electron chi connectivity index (χ3n) is 4.73. The molecule has 0 unspecified atom stereocenters. The van der Waals surface area contributed by atoms with Crippen LogP contribution in [0, 0.1) is 6.92 Å². The van der Waals surface area contributed by atoms with Crippen molar-refractivity contribution in [1.29, 1.82) is 0 Å². The van der Waals surface area contributed by atoms with Gasteiger partial charge in [-0.2, -0.15) is 0 Å². The smallest absolute Gasteiger partial charge is 0.191 e. The summed E-state index contributed by atoms with van der Waals surface area (Å²) in [6.07, 6.45) is 1.08. The van der Waals surface area contributed by atoms with Crippen LogP contribution in [-0.2, 0) is 0 Å². The van der Waals surface area contributed by atoms with Crippen LogP contribution in [0.15, 0.2) is 29.3 Å². The maximum atomic E-state index is 6.01. The van der Waals surface area contributed by atoms with Crippen LogP contribution in [0.1, 0.15) is 25.8 Å². The second kappa shape index (κ2) is 9.52. The van der Waals surface area contributed by atoms with E-state index in [0.29, 0.717) is 5.96 Å². The lowest BCUT2D eigenvalue weighted by Crippen LogP contribution is -2.46. The van der Waals surface area contributed by atoms with Crippen molar-refractivity contribution in [2.24, 2.45) is 10.7 Å². The van der Waals surface area contributed by atoms with Gasteiger partial charge in [0.25, 0.3) is 0 Å². The first-order chi connectivity index (χ1) is 11.6. The monoisotopic (exact) mass is 331 g/mol. The van der Waals surface area contributed by atoms with E-state index < -0.39 is 0 Å². The Bertz CT molecular complexity index is 516. The Labute approximate surface area is 147 Å². The Hall–Kier alpha value is -1.75.